The van der Waals surface area contributed by atoms with Gasteiger partial charge in [-0.15, -0.1) is 0 Å². The summed E-state index contributed by atoms with van der Waals surface area (Å²) in [6.07, 6.45) is 0.985. The van der Waals surface area contributed by atoms with E-state index < -0.39 is 0 Å². The number of hydrogen-bond donors (Lipinski definition) is 2. The summed E-state index contributed by atoms with van der Waals surface area (Å²) in [6.45, 7) is 1.62. The summed E-state index contributed by atoms with van der Waals surface area (Å²) in [5.41, 5.74) is 0. The van der Waals surface area contributed by atoms with E-state index in [-0.39, 0.29) is 30.2 Å². The zero-order chi connectivity index (χ0) is 11.5. The van der Waals surface area contributed by atoms with Crippen LogP contribution in [0.4, 0.5) is 0 Å². The molecule has 2 heterocycles. The zero-order valence-electron chi connectivity index (χ0n) is 8.99. The number of hydrogen-bond acceptors (Lipinski definition) is 3. The Kier molecular flexibility index (Phi) is 3.07. The topological polar surface area (TPSA) is 78.5 Å². The average molecular weight is 225 g/mol. The molecule has 6 heteroatoms. The molecule has 2 saturated heterocycles. The van der Waals surface area contributed by atoms with E-state index in [2.05, 4.69) is 10.6 Å². The summed E-state index contributed by atoms with van der Waals surface area (Å²) in [7, 11) is 0. The second kappa shape index (κ2) is 4.51. The highest BCUT2D eigenvalue weighted by Crippen LogP contribution is 2.14. The van der Waals surface area contributed by atoms with E-state index in [0.717, 1.165) is 0 Å². The van der Waals surface area contributed by atoms with E-state index in [1.807, 2.05) is 0 Å². The number of carbonyl (C=O) groups is 3. The molecule has 6 nitrogen and oxygen atoms in total. The van der Waals surface area contributed by atoms with Gasteiger partial charge in [0.25, 0.3) is 0 Å². The highest BCUT2D eigenvalue weighted by Gasteiger charge is 2.30. The predicted molar refractivity (Wildman–Crippen MR) is 55.3 cm³/mol. The van der Waals surface area contributed by atoms with Gasteiger partial charge in [-0.25, -0.2) is 0 Å². The van der Waals surface area contributed by atoms with E-state index in [0.29, 0.717) is 32.5 Å². The van der Waals surface area contributed by atoms with Crippen molar-refractivity contribution in [2.24, 2.45) is 5.92 Å². The Morgan fingerprint density at radius 1 is 1.25 bits per heavy atom. The first kappa shape index (κ1) is 10.9. The Morgan fingerprint density at radius 3 is 2.69 bits per heavy atom. The van der Waals surface area contributed by atoms with Crippen molar-refractivity contribution in [2.45, 2.75) is 12.8 Å². The van der Waals surface area contributed by atoms with Crippen LogP contribution in [0.3, 0.4) is 0 Å². The standard InChI is InChI=1S/C10H15N3O3/c14-8-2-1-7(5-12-8)10(16)13-4-3-11-9(15)6-13/h7H,1-6H2,(H,11,15)(H,12,14). The van der Waals surface area contributed by atoms with Gasteiger partial charge in [0.2, 0.25) is 17.7 Å². The molecule has 1 unspecified atom stereocenters. The minimum Gasteiger partial charge on any atom is -0.355 e. The molecule has 88 valence electrons. The molecular weight excluding hydrogens is 210 g/mol. The Balaban J connectivity index is 1.91. The van der Waals surface area contributed by atoms with Crippen LogP contribution in [0, 0.1) is 5.92 Å². The number of rotatable bonds is 1. The van der Waals surface area contributed by atoms with Gasteiger partial charge in [-0.3, -0.25) is 14.4 Å². The molecule has 2 N–H and O–H groups in total. The highest BCUT2D eigenvalue weighted by atomic mass is 16.2. The van der Waals surface area contributed by atoms with Crippen molar-refractivity contribution in [1.82, 2.24) is 15.5 Å². The fourth-order valence-corrected chi connectivity index (χ4v) is 2.03. The lowest BCUT2D eigenvalue weighted by Crippen LogP contribution is -2.53. The Bertz CT molecular complexity index is 319. The Labute approximate surface area is 93.4 Å². The van der Waals surface area contributed by atoms with Gasteiger partial charge in [-0.05, 0) is 6.42 Å². The molecule has 0 bridgehead atoms. The summed E-state index contributed by atoms with van der Waals surface area (Å²) in [6, 6.07) is 0. The molecule has 16 heavy (non-hydrogen) atoms. The van der Waals surface area contributed by atoms with E-state index >= 15 is 0 Å². The molecule has 1 atom stereocenters. The lowest BCUT2D eigenvalue weighted by molar-refractivity contribution is -0.142. The van der Waals surface area contributed by atoms with Gasteiger partial charge in [-0.2, -0.15) is 0 Å². The molecule has 0 saturated carbocycles. The van der Waals surface area contributed by atoms with Crippen LogP contribution in [0.5, 0.6) is 0 Å². The summed E-state index contributed by atoms with van der Waals surface area (Å²) in [5, 5.41) is 5.35. The van der Waals surface area contributed by atoms with Gasteiger partial charge < -0.3 is 15.5 Å². The van der Waals surface area contributed by atoms with E-state index in [9.17, 15) is 14.4 Å². The number of nitrogens with zero attached hydrogens (tertiary/aromatic N) is 1. The lowest BCUT2D eigenvalue weighted by Gasteiger charge is -2.31. The fraction of sp³-hybridized carbons (Fsp3) is 0.700. The van der Waals surface area contributed by atoms with Crippen molar-refractivity contribution in [2.75, 3.05) is 26.2 Å². The minimum absolute atomic E-state index is 0.000405. The minimum atomic E-state index is -0.163. The van der Waals surface area contributed by atoms with E-state index in [1.165, 1.54) is 0 Å². The van der Waals surface area contributed by atoms with Gasteiger partial charge in [-0.1, -0.05) is 0 Å². The maximum atomic E-state index is 12.0. The van der Waals surface area contributed by atoms with Crippen LogP contribution in [-0.2, 0) is 14.4 Å². The molecule has 2 aliphatic heterocycles. The number of amides is 3. The van der Waals surface area contributed by atoms with Crippen LogP contribution < -0.4 is 10.6 Å². The van der Waals surface area contributed by atoms with E-state index in [1.54, 1.807) is 4.90 Å². The van der Waals surface area contributed by atoms with Gasteiger partial charge in [0.05, 0.1) is 12.5 Å². The number of piperazine rings is 1. The van der Waals surface area contributed by atoms with Crippen molar-refractivity contribution in [3.8, 4) is 0 Å². The van der Waals surface area contributed by atoms with Crippen LogP contribution in [0.25, 0.3) is 0 Å². The Morgan fingerprint density at radius 2 is 2.06 bits per heavy atom. The van der Waals surface area contributed by atoms with Crippen molar-refractivity contribution < 1.29 is 14.4 Å². The smallest absolute Gasteiger partial charge is 0.239 e. The molecule has 2 aliphatic rings. The number of nitrogens with one attached hydrogen (secondary N) is 2. The summed E-state index contributed by atoms with van der Waals surface area (Å²) >= 11 is 0. The molecule has 0 aromatic rings. The van der Waals surface area contributed by atoms with Crippen molar-refractivity contribution >= 4 is 17.7 Å². The summed E-state index contributed by atoms with van der Waals surface area (Å²) < 4.78 is 0. The van der Waals surface area contributed by atoms with E-state index in [4.69, 9.17) is 0 Å². The maximum absolute atomic E-state index is 12.0. The van der Waals surface area contributed by atoms with Crippen LogP contribution in [-0.4, -0.2) is 48.8 Å². The fourth-order valence-electron chi connectivity index (χ4n) is 2.03. The van der Waals surface area contributed by atoms with Gasteiger partial charge in [0.15, 0.2) is 0 Å². The summed E-state index contributed by atoms with van der Waals surface area (Å²) in [5.74, 6) is -0.293. The zero-order valence-corrected chi connectivity index (χ0v) is 8.99. The van der Waals surface area contributed by atoms with Gasteiger partial charge in [0.1, 0.15) is 0 Å². The molecule has 0 aliphatic carbocycles. The molecule has 2 fully saturated rings. The molecular formula is C10H15N3O3. The largest absolute Gasteiger partial charge is 0.355 e. The third-order valence-corrected chi connectivity index (χ3v) is 2.96. The molecule has 0 spiro atoms. The van der Waals surface area contributed by atoms with Crippen LogP contribution in [0.1, 0.15) is 12.8 Å². The number of carbonyl (C=O) groups excluding carboxylic acids is 3. The second-order valence-corrected chi connectivity index (χ2v) is 4.15. The average Bonchev–Trinajstić information content (AvgIpc) is 2.29. The quantitative estimate of drug-likeness (QED) is 0.568. The normalized spacial score (nSPS) is 26.0. The van der Waals surface area contributed by atoms with Crippen molar-refractivity contribution in [3.63, 3.8) is 0 Å². The molecule has 2 rings (SSSR count). The first-order valence-electron chi connectivity index (χ1n) is 5.49. The van der Waals surface area contributed by atoms with Gasteiger partial charge >= 0.3 is 0 Å². The third-order valence-electron chi connectivity index (χ3n) is 2.96. The third kappa shape index (κ3) is 2.32. The Hall–Kier alpha value is -1.59. The first-order chi connectivity index (χ1) is 7.66. The lowest BCUT2D eigenvalue weighted by atomic mass is 9.97. The first-order valence-corrected chi connectivity index (χ1v) is 5.49. The summed E-state index contributed by atoms with van der Waals surface area (Å²) in [4.78, 5) is 35.7. The molecule has 0 aromatic heterocycles. The van der Waals surface area contributed by atoms with Gasteiger partial charge in [0, 0.05) is 26.1 Å². The van der Waals surface area contributed by atoms with Crippen LogP contribution >= 0.6 is 0 Å². The number of piperidine rings is 1. The molecule has 3 amide bonds. The van der Waals surface area contributed by atoms with Crippen LogP contribution in [0.15, 0.2) is 0 Å². The van der Waals surface area contributed by atoms with Crippen molar-refractivity contribution in [3.05, 3.63) is 0 Å². The predicted octanol–water partition coefficient (Wildman–Crippen LogP) is -1.53. The molecule has 0 radical (unpaired) electrons. The van der Waals surface area contributed by atoms with Crippen LogP contribution in [0.2, 0.25) is 0 Å². The highest BCUT2D eigenvalue weighted by molar-refractivity contribution is 5.88. The SMILES string of the molecule is O=C1CCC(C(=O)N2CCNC(=O)C2)CN1. The monoisotopic (exact) mass is 225 g/mol. The second-order valence-electron chi connectivity index (χ2n) is 4.15. The molecule has 0 aromatic carbocycles. The van der Waals surface area contributed by atoms with Crippen molar-refractivity contribution in [1.29, 1.82) is 0 Å². The maximum Gasteiger partial charge on any atom is 0.239 e.